The van der Waals surface area contributed by atoms with E-state index in [0.717, 1.165) is 10.9 Å². The molecule has 2 unspecified atom stereocenters. The molecule has 31 heavy (non-hydrogen) atoms. The first kappa shape index (κ1) is 23.3. The van der Waals surface area contributed by atoms with Gasteiger partial charge in [0.25, 0.3) is 5.91 Å². The number of carboxylic acids is 1. The maximum Gasteiger partial charge on any atom is 1.00 e. The van der Waals surface area contributed by atoms with Crippen LogP contribution in [0.4, 0.5) is 0 Å². The van der Waals surface area contributed by atoms with Gasteiger partial charge in [-0.15, -0.1) is 0 Å². The van der Waals surface area contributed by atoms with E-state index in [9.17, 15) is 19.5 Å². The molecule has 9 heteroatoms. The predicted molar refractivity (Wildman–Crippen MR) is 114 cm³/mol. The summed E-state index contributed by atoms with van der Waals surface area (Å²) >= 11 is 1.36. The van der Waals surface area contributed by atoms with E-state index >= 15 is 0 Å². The number of nitrogens with zero attached hydrogens (tertiary/aromatic N) is 2. The minimum atomic E-state index is -1.41. The van der Waals surface area contributed by atoms with Crippen LogP contribution in [-0.4, -0.2) is 39.8 Å². The molecule has 152 valence electrons. The minimum absolute atomic E-state index is 0. The van der Waals surface area contributed by atoms with Crippen LogP contribution in [0, 0.1) is 0 Å². The molecule has 1 aromatic heterocycles. The molecule has 2 aromatic carbocycles. The Labute approximate surface area is 205 Å². The quantitative estimate of drug-likeness (QED) is 0.522. The number of aromatic carboxylic acids is 1. The van der Waals surface area contributed by atoms with Crippen molar-refractivity contribution in [3.8, 4) is 0 Å². The Morgan fingerprint density at radius 1 is 1.13 bits per heavy atom. The van der Waals surface area contributed by atoms with Crippen molar-refractivity contribution in [1.29, 1.82) is 0 Å². The van der Waals surface area contributed by atoms with Crippen LogP contribution in [0.2, 0.25) is 0 Å². The Bertz CT molecular complexity index is 1220. The predicted octanol–water partition coefficient (Wildman–Crippen LogP) is -0.982. The summed E-state index contributed by atoms with van der Waals surface area (Å²) in [7, 11) is 1.62. The van der Waals surface area contributed by atoms with E-state index < -0.39 is 11.9 Å². The fourth-order valence-corrected chi connectivity index (χ4v) is 4.72. The number of nitrogens with one attached hydrogen (secondary N) is 1. The van der Waals surface area contributed by atoms with Gasteiger partial charge in [-0.3, -0.25) is 19.1 Å². The maximum atomic E-state index is 13.3. The molecular formula is C22H18N3NaO4S. The molecule has 0 radical (unpaired) electrons. The minimum Gasteiger partial charge on any atom is -0.545 e. The first-order valence-corrected chi connectivity index (χ1v) is 10.2. The molecule has 2 atom stereocenters. The van der Waals surface area contributed by atoms with E-state index in [1.54, 1.807) is 31.4 Å². The van der Waals surface area contributed by atoms with Crippen molar-refractivity contribution in [3.63, 3.8) is 0 Å². The van der Waals surface area contributed by atoms with Crippen LogP contribution >= 0.6 is 11.8 Å². The van der Waals surface area contributed by atoms with Gasteiger partial charge in [-0.2, -0.15) is 0 Å². The molecule has 1 N–H and O–H groups in total. The largest absolute Gasteiger partial charge is 1.00 e. The summed E-state index contributed by atoms with van der Waals surface area (Å²) in [5.74, 6) is -2.21. The molecule has 0 aliphatic carbocycles. The van der Waals surface area contributed by atoms with E-state index in [0.29, 0.717) is 10.7 Å². The van der Waals surface area contributed by atoms with Gasteiger partial charge in [-0.1, -0.05) is 55.1 Å². The van der Waals surface area contributed by atoms with Crippen LogP contribution in [0.3, 0.4) is 0 Å². The van der Waals surface area contributed by atoms with Gasteiger partial charge in [-0.25, -0.2) is 0 Å². The monoisotopic (exact) mass is 443 g/mol. The van der Waals surface area contributed by atoms with Crippen LogP contribution in [0.25, 0.3) is 10.9 Å². The summed E-state index contributed by atoms with van der Waals surface area (Å²) in [5.41, 5.74) is 1.36. The third-order valence-electron chi connectivity index (χ3n) is 5.21. The van der Waals surface area contributed by atoms with Crippen LogP contribution in [0.5, 0.6) is 0 Å². The average Bonchev–Trinajstić information content (AvgIpc) is 3.33. The zero-order valence-electron chi connectivity index (χ0n) is 17.3. The number of amides is 1. The Hall–Kier alpha value is -2.39. The number of para-hydroxylation sites is 1. The first-order valence-electron chi connectivity index (χ1n) is 9.31. The Morgan fingerprint density at radius 2 is 1.77 bits per heavy atom. The number of fused-ring (bicyclic) bond motifs is 1. The van der Waals surface area contributed by atoms with Crippen LogP contribution in [-0.2, 0) is 4.79 Å². The zero-order chi connectivity index (χ0) is 21.4. The van der Waals surface area contributed by atoms with Crippen molar-refractivity contribution in [2.75, 3.05) is 7.05 Å². The molecule has 1 saturated heterocycles. The fraction of sp³-hybridized carbons (Fsp3) is 0.182. The molecular weight excluding hydrogens is 425 g/mol. The van der Waals surface area contributed by atoms with Crippen molar-refractivity contribution < 1.29 is 49.0 Å². The second kappa shape index (κ2) is 9.40. The number of aliphatic imine (C=N–C) groups is 1. The number of aromatic nitrogens is 1. The van der Waals surface area contributed by atoms with Gasteiger partial charge in [0.1, 0.15) is 0 Å². The van der Waals surface area contributed by atoms with E-state index in [1.165, 1.54) is 28.5 Å². The second-order valence-corrected chi connectivity index (χ2v) is 8.09. The topological polar surface area (TPSA) is 104 Å². The first-order chi connectivity index (χ1) is 14.4. The summed E-state index contributed by atoms with van der Waals surface area (Å²) in [6, 6.07) is 13.3. The third-order valence-corrected chi connectivity index (χ3v) is 6.60. The molecule has 0 saturated carbocycles. The molecule has 1 aliphatic rings. The van der Waals surface area contributed by atoms with Crippen molar-refractivity contribution in [3.05, 3.63) is 71.4 Å². The second-order valence-electron chi connectivity index (χ2n) is 6.95. The number of carboxylic acid groups (broad SMARTS) is 1. The van der Waals surface area contributed by atoms with Crippen LogP contribution < -0.4 is 40.0 Å². The maximum absolute atomic E-state index is 13.3. The van der Waals surface area contributed by atoms with Gasteiger partial charge in [0.05, 0.1) is 16.7 Å². The third kappa shape index (κ3) is 4.21. The van der Waals surface area contributed by atoms with Crippen molar-refractivity contribution in [1.82, 2.24) is 9.88 Å². The standard InChI is InChI=1S/C22H19N3O4S.Na/c1-12(18-19(26)24-22(23-2)30-18)16-11-25(17-10-6-5-7-13(16)17)20(27)14-8-3-4-9-15(14)21(28)29;/h3-12,18H,1-2H3,(H,28,29)(H,23,24,26);/q;+1/p-1. The number of thioether (sulfide) groups is 1. The van der Waals surface area contributed by atoms with Crippen molar-refractivity contribution in [2.45, 2.75) is 18.1 Å². The molecule has 4 rings (SSSR count). The number of hydrogen-bond acceptors (Lipinski definition) is 6. The van der Waals surface area contributed by atoms with Crippen LogP contribution in [0.1, 0.15) is 39.1 Å². The molecule has 1 aliphatic heterocycles. The average molecular weight is 443 g/mol. The van der Waals surface area contributed by atoms with Crippen molar-refractivity contribution in [2.24, 2.45) is 4.99 Å². The van der Waals surface area contributed by atoms with Crippen molar-refractivity contribution >= 4 is 45.6 Å². The van der Waals surface area contributed by atoms with E-state index in [-0.39, 0.29) is 57.8 Å². The molecule has 1 amide bonds. The summed E-state index contributed by atoms with van der Waals surface area (Å²) in [4.78, 5) is 41.2. The molecule has 3 aromatic rings. The fourth-order valence-electron chi connectivity index (χ4n) is 3.69. The van der Waals surface area contributed by atoms with E-state index in [4.69, 9.17) is 0 Å². The number of carbonyl (C=O) groups is 3. The summed E-state index contributed by atoms with van der Waals surface area (Å²) in [6.07, 6.45) is 1.69. The number of amidine groups is 1. The molecule has 1 fully saturated rings. The normalized spacial score (nSPS) is 17.9. The Morgan fingerprint density at radius 3 is 2.42 bits per heavy atom. The van der Waals surface area contributed by atoms with E-state index in [1.807, 2.05) is 25.1 Å². The summed E-state index contributed by atoms with van der Waals surface area (Å²) < 4.78 is 1.44. The number of benzene rings is 2. The van der Waals surface area contributed by atoms with Gasteiger partial charge in [0.2, 0.25) is 5.91 Å². The van der Waals surface area contributed by atoms with Gasteiger partial charge >= 0.3 is 29.6 Å². The number of rotatable bonds is 4. The number of carbonyl (C=O) groups excluding carboxylic acids is 3. The van der Waals surface area contributed by atoms with Gasteiger partial charge < -0.3 is 15.2 Å². The molecule has 0 bridgehead atoms. The summed E-state index contributed by atoms with van der Waals surface area (Å²) in [5, 5.41) is 15.2. The molecule has 2 heterocycles. The smallest absolute Gasteiger partial charge is 0.545 e. The Kier molecular flexibility index (Phi) is 7.06. The zero-order valence-corrected chi connectivity index (χ0v) is 20.1. The van der Waals surface area contributed by atoms with Gasteiger partial charge in [0, 0.05) is 35.7 Å². The van der Waals surface area contributed by atoms with Gasteiger partial charge in [0.15, 0.2) is 5.17 Å². The molecule has 7 nitrogen and oxygen atoms in total. The number of hydrogen-bond donors (Lipinski definition) is 1. The van der Waals surface area contributed by atoms with Gasteiger partial charge in [-0.05, 0) is 17.7 Å². The van der Waals surface area contributed by atoms with Crippen LogP contribution in [0.15, 0.2) is 59.7 Å². The Balaban J connectivity index is 0.00000272. The van der Waals surface area contributed by atoms with E-state index in [2.05, 4.69) is 10.3 Å². The molecule has 0 spiro atoms. The SMILES string of the molecule is CN=C1NC(=O)C(C(C)c2cn(C(=O)c3ccccc3C(=O)[O-])c3ccccc23)S1.[Na+]. The summed E-state index contributed by atoms with van der Waals surface area (Å²) in [6.45, 7) is 1.93.